The number of hydrogen-bond donors (Lipinski definition) is 1. The monoisotopic (exact) mass is 188 g/mol. The largest absolute Gasteiger partial charge is 0.506 e. The molecule has 0 aromatic rings. The van der Waals surface area contributed by atoms with Crippen molar-refractivity contribution in [3.8, 4) is 0 Å². The Morgan fingerprint density at radius 2 is 2.15 bits per heavy atom. The number of carbonyl (C=O) groups is 1. The first-order chi connectivity index (χ1) is 6.20. The maximum absolute atomic E-state index is 10.3. The van der Waals surface area contributed by atoms with Gasteiger partial charge in [-0.05, 0) is 6.42 Å². The molecule has 2 rings (SSSR count). The average Bonchev–Trinajstić information content (AvgIpc) is 2.63. The van der Waals surface area contributed by atoms with Gasteiger partial charge in [0.1, 0.15) is 6.10 Å². The first-order valence-corrected chi connectivity index (χ1v) is 4.38. The van der Waals surface area contributed by atoms with Crippen LogP contribution in [0.4, 0.5) is 4.79 Å². The quantitative estimate of drug-likeness (QED) is 0.621. The van der Waals surface area contributed by atoms with E-state index in [1.165, 1.54) is 0 Å². The Morgan fingerprint density at radius 3 is 2.77 bits per heavy atom. The third-order valence-electron chi connectivity index (χ3n) is 2.47. The maximum Gasteiger partial charge on any atom is 0.506 e. The van der Waals surface area contributed by atoms with Crippen molar-refractivity contribution in [2.24, 2.45) is 0 Å². The molecule has 1 aliphatic carbocycles. The predicted molar refractivity (Wildman–Crippen MR) is 41.4 cm³/mol. The molecule has 2 fully saturated rings. The molecule has 1 saturated carbocycles. The van der Waals surface area contributed by atoms with E-state index in [1.807, 2.05) is 0 Å². The highest BCUT2D eigenvalue weighted by Gasteiger charge is 2.45. The van der Waals surface area contributed by atoms with E-state index in [0.29, 0.717) is 26.1 Å². The molecular formula is C8H12O5. The molecule has 1 heterocycles. The third kappa shape index (κ3) is 1.76. The first kappa shape index (κ1) is 8.77. The Labute approximate surface area is 75.6 Å². The third-order valence-corrected chi connectivity index (χ3v) is 2.47. The molecule has 5 heteroatoms. The summed E-state index contributed by atoms with van der Waals surface area (Å²) in [7, 11) is 0. The van der Waals surface area contributed by atoms with Crippen LogP contribution in [-0.4, -0.2) is 36.4 Å². The van der Waals surface area contributed by atoms with Crippen LogP contribution in [-0.2, 0) is 14.2 Å². The van der Waals surface area contributed by atoms with E-state index in [4.69, 9.17) is 14.6 Å². The topological polar surface area (TPSA) is 65.0 Å². The van der Waals surface area contributed by atoms with Crippen molar-refractivity contribution in [2.45, 2.75) is 31.2 Å². The van der Waals surface area contributed by atoms with Crippen molar-refractivity contribution < 1.29 is 24.1 Å². The molecule has 1 spiro atoms. The Morgan fingerprint density at radius 1 is 1.46 bits per heavy atom. The van der Waals surface area contributed by atoms with E-state index in [9.17, 15) is 4.79 Å². The number of ether oxygens (including phenoxy) is 3. The van der Waals surface area contributed by atoms with Gasteiger partial charge in [0.25, 0.3) is 0 Å². The van der Waals surface area contributed by atoms with Crippen LogP contribution in [0.2, 0.25) is 0 Å². The van der Waals surface area contributed by atoms with Crippen LogP contribution in [0.5, 0.6) is 0 Å². The SMILES string of the molecule is O=C(O)OC1CCC2(C1)OCCO2. The molecule has 0 aromatic carbocycles. The number of hydrogen-bond acceptors (Lipinski definition) is 4. The van der Waals surface area contributed by atoms with E-state index in [0.717, 1.165) is 6.42 Å². The fourth-order valence-electron chi connectivity index (χ4n) is 1.93. The summed E-state index contributed by atoms with van der Waals surface area (Å²) in [5.41, 5.74) is 0. The van der Waals surface area contributed by atoms with Crippen molar-refractivity contribution in [1.82, 2.24) is 0 Å². The van der Waals surface area contributed by atoms with Crippen LogP contribution in [0.25, 0.3) is 0 Å². The van der Waals surface area contributed by atoms with Gasteiger partial charge in [-0.15, -0.1) is 0 Å². The maximum atomic E-state index is 10.3. The zero-order chi connectivity index (χ0) is 9.31. The highest BCUT2D eigenvalue weighted by molar-refractivity contribution is 5.57. The standard InChI is InChI=1S/C8H12O5/c9-7(10)13-6-1-2-8(5-6)11-3-4-12-8/h6H,1-5H2,(H,9,10). The fraction of sp³-hybridized carbons (Fsp3) is 0.875. The van der Waals surface area contributed by atoms with Gasteiger partial charge in [-0.25, -0.2) is 4.79 Å². The van der Waals surface area contributed by atoms with E-state index in [-0.39, 0.29) is 6.10 Å². The van der Waals surface area contributed by atoms with Crippen LogP contribution in [0.15, 0.2) is 0 Å². The molecule has 0 bridgehead atoms. The summed E-state index contributed by atoms with van der Waals surface area (Å²) in [6, 6.07) is 0. The lowest BCUT2D eigenvalue weighted by Gasteiger charge is -2.20. The Balaban J connectivity index is 1.89. The smallest absolute Gasteiger partial charge is 0.450 e. The molecule has 13 heavy (non-hydrogen) atoms. The molecule has 1 aliphatic heterocycles. The highest BCUT2D eigenvalue weighted by atomic mass is 16.7. The molecular weight excluding hydrogens is 176 g/mol. The van der Waals surface area contributed by atoms with Crippen molar-refractivity contribution in [1.29, 1.82) is 0 Å². The summed E-state index contributed by atoms with van der Waals surface area (Å²) in [6.07, 6.45) is 0.451. The highest BCUT2D eigenvalue weighted by Crippen LogP contribution is 2.38. The summed E-state index contributed by atoms with van der Waals surface area (Å²) in [5.74, 6) is -0.542. The van der Waals surface area contributed by atoms with Crippen molar-refractivity contribution in [3.05, 3.63) is 0 Å². The zero-order valence-corrected chi connectivity index (χ0v) is 7.19. The van der Waals surface area contributed by atoms with Crippen LogP contribution in [0.3, 0.4) is 0 Å². The van der Waals surface area contributed by atoms with Gasteiger partial charge in [0.15, 0.2) is 5.79 Å². The van der Waals surface area contributed by atoms with Crippen LogP contribution >= 0.6 is 0 Å². The fourth-order valence-corrected chi connectivity index (χ4v) is 1.93. The molecule has 0 amide bonds. The van der Waals surface area contributed by atoms with Crippen molar-refractivity contribution >= 4 is 6.16 Å². The van der Waals surface area contributed by atoms with E-state index < -0.39 is 11.9 Å². The lowest BCUT2D eigenvalue weighted by Crippen LogP contribution is -2.27. The van der Waals surface area contributed by atoms with Gasteiger partial charge in [-0.2, -0.15) is 0 Å². The first-order valence-electron chi connectivity index (χ1n) is 4.38. The molecule has 0 aromatic heterocycles. The second-order valence-corrected chi connectivity index (χ2v) is 3.36. The molecule has 2 aliphatic rings. The summed E-state index contributed by atoms with van der Waals surface area (Å²) < 4.78 is 15.5. The van der Waals surface area contributed by atoms with Gasteiger partial charge in [-0.1, -0.05) is 0 Å². The molecule has 0 radical (unpaired) electrons. The van der Waals surface area contributed by atoms with E-state index in [1.54, 1.807) is 0 Å². The number of rotatable bonds is 1. The lowest BCUT2D eigenvalue weighted by atomic mass is 10.2. The van der Waals surface area contributed by atoms with Crippen LogP contribution in [0.1, 0.15) is 19.3 Å². The molecule has 1 atom stereocenters. The lowest BCUT2D eigenvalue weighted by molar-refractivity contribution is -0.155. The minimum atomic E-state index is -1.22. The van der Waals surface area contributed by atoms with Crippen molar-refractivity contribution in [3.63, 3.8) is 0 Å². The Hall–Kier alpha value is -0.810. The van der Waals surface area contributed by atoms with Gasteiger partial charge in [0, 0.05) is 12.8 Å². The van der Waals surface area contributed by atoms with E-state index in [2.05, 4.69) is 4.74 Å². The summed E-state index contributed by atoms with van der Waals surface area (Å²) in [4.78, 5) is 10.3. The molecule has 74 valence electrons. The van der Waals surface area contributed by atoms with Crippen LogP contribution in [0, 0.1) is 0 Å². The molecule has 1 saturated heterocycles. The minimum absolute atomic E-state index is 0.268. The van der Waals surface area contributed by atoms with Crippen molar-refractivity contribution in [2.75, 3.05) is 13.2 Å². The number of carboxylic acid groups (broad SMARTS) is 1. The van der Waals surface area contributed by atoms with Gasteiger partial charge < -0.3 is 19.3 Å². The molecule has 5 nitrogen and oxygen atoms in total. The Bertz CT molecular complexity index is 209. The Kier molecular flexibility index (Phi) is 2.13. The average molecular weight is 188 g/mol. The molecule has 1 unspecified atom stereocenters. The van der Waals surface area contributed by atoms with Gasteiger partial charge in [-0.3, -0.25) is 0 Å². The van der Waals surface area contributed by atoms with Gasteiger partial charge in [0.05, 0.1) is 13.2 Å². The van der Waals surface area contributed by atoms with Gasteiger partial charge >= 0.3 is 6.16 Å². The van der Waals surface area contributed by atoms with E-state index >= 15 is 0 Å². The predicted octanol–water partition coefficient (Wildman–Crippen LogP) is 0.977. The van der Waals surface area contributed by atoms with Crippen LogP contribution < -0.4 is 0 Å². The van der Waals surface area contributed by atoms with Gasteiger partial charge in [0.2, 0.25) is 0 Å². The second-order valence-electron chi connectivity index (χ2n) is 3.36. The molecule has 1 N–H and O–H groups in total. The summed E-state index contributed by atoms with van der Waals surface area (Å²) in [6.45, 7) is 1.19. The summed E-state index contributed by atoms with van der Waals surface area (Å²) >= 11 is 0. The second kappa shape index (κ2) is 3.16. The zero-order valence-electron chi connectivity index (χ0n) is 7.19. The summed E-state index contributed by atoms with van der Waals surface area (Å²) in [5, 5.41) is 8.40. The normalized spacial score (nSPS) is 30.9. The minimum Gasteiger partial charge on any atom is -0.450 e.